The van der Waals surface area contributed by atoms with Crippen LogP contribution in [0.4, 0.5) is 18.0 Å². The molecule has 0 fully saturated rings. The molecule has 0 unspecified atom stereocenters. The van der Waals surface area contributed by atoms with Crippen LogP contribution in [0.5, 0.6) is 0 Å². The molecular weight excluding hydrogens is 428 g/mol. The molecule has 0 aromatic heterocycles. The predicted octanol–water partition coefficient (Wildman–Crippen LogP) is 3.57. The number of nitrogens with zero attached hydrogens (tertiary/aromatic N) is 1. The molecule has 0 aliphatic heterocycles. The van der Waals surface area contributed by atoms with Crippen LogP contribution in [-0.4, -0.2) is 62.1 Å². The van der Waals surface area contributed by atoms with Crippen molar-refractivity contribution in [3.05, 3.63) is 35.9 Å². The van der Waals surface area contributed by atoms with Gasteiger partial charge in [0.15, 0.2) is 6.61 Å². The Labute approximate surface area is 173 Å². The van der Waals surface area contributed by atoms with Crippen LogP contribution >= 0.6 is 7.52 Å². The predicted molar refractivity (Wildman–Crippen MR) is 103 cm³/mol. The van der Waals surface area contributed by atoms with E-state index in [-0.39, 0.29) is 19.8 Å². The summed E-state index contributed by atoms with van der Waals surface area (Å²) in [6.45, 7) is 0.902. The highest BCUT2D eigenvalue weighted by Gasteiger charge is 2.36. The van der Waals surface area contributed by atoms with Crippen LogP contribution < -0.4 is 5.09 Å². The van der Waals surface area contributed by atoms with Crippen molar-refractivity contribution >= 4 is 19.6 Å². The first-order chi connectivity index (χ1) is 14.0. The molecule has 12 heteroatoms. The number of alkyl halides is 3. The van der Waals surface area contributed by atoms with E-state index in [1.807, 2.05) is 0 Å². The fourth-order valence-electron chi connectivity index (χ4n) is 2.16. The van der Waals surface area contributed by atoms with Crippen molar-refractivity contribution in [1.29, 1.82) is 0 Å². The summed E-state index contributed by atoms with van der Waals surface area (Å²) < 4.78 is 64.9. The molecule has 1 aromatic rings. The molecule has 0 aliphatic rings. The normalized spacial score (nSPS) is 14.5. The third kappa shape index (κ3) is 10.1. The number of carbonyl (C=O) groups excluding carboxylic acids is 2. The van der Waals surface area contributed by atoms with Crippen molar-refractivity contribution in [3.63, 3.8) is 0 Å². The van der Waals surface area contributed by atoms with Gasteiger partial charge in [-0.05, 0) is 19.4 Å². The Morgan fingerprint density at radius 1 is 1.20 bits per heavy atom. The number of halogens is 3. The van der Waals surface area contributed by atoms with Crippen LogP contribution in [0.25, 0.3) is 0 Å². The summed E-state index contributed by atoms with van der Waals surface area (Å²) in [7, 11) is -2.80. The lowest BCUT2D eigenvalue weighted by atomic mass is 10.2. The van der Waals surface area contributed by atoms with E-state index in [9.17, 15) is 27.3 Å². The Balaban J connectivity index is 2.68. The Morgan fingerprint density at radius 3 is 2.40 bits per heavy atom. The maximum Gasteiger partial charge on any atom is 0.412 e. The van der Waals surface area contributed by atoms with E-state index in [0.717, 1.165) is 10.5 Å². The molecule has 2 atom stereocenters. The first-order valence-electron chi connectivity index (χ1n) is 9.12. The second-order valence-electron chi connectivity index (χ2n) is 6.35. The molecule has 1 rings (SSSR count). The summed E-state index contributed by atoms with van der Waals surface area (Å²) in [6, 6.07) is 7.70. The summed E-state index contributed by atoms with van der Waals surface area (Å²) in [5.41, 5.74) is 0.753. The van der Waals surface area contributed by atoms with E-state index < -0.39 is 44.6 Å². The SMILES string of the molecule is CCOC(=O)[C@H](C)N[P@@](=O)(CCN(C)C(=O)OCc1ccccc1)OCC(F)(F)F. The van der Waals surface area contributed by atoms with Gasteiger partial charge in [0.25, 0.3) is 7.52 Å². The smallest absolute Gasteiger partial charge is 0.412 e. The number of nitrogens with one attached hydrogen (secondary N) is 1. The Bertz CT molecular complexity index is 732. The van der Waals surface area contributed by atoms with Crippen LogP contribution in [0.15, 0.2) is 30.3 Å². The second kappa shape index (κ2) is 11.9. The maximum absolute atomic E-state index is 12.9. The van der Waals surface area contributed by atoms with Gasteiger partial charge in [0, 0.05) is 13.6 Å². The average molecular weight is 454 g/mol. The van der Waals surface area contributed by atoms with Crippen LogP contribution in [0.1, 0.15) is 19.4 Å². The fourth-order valence-corrected chi connectivity index (χ4v) is 4.11. The first kappa shape index (κ1) is 25.9. The summed E-state index contributed by atoms with van der Waals surface area (Å²) >= 11 is 0. The minimum atomic E-state index is -4.72. The molecular formula is C18H26F3N2O6P. The lowest BCUT2D eigenvalue weighted by molar-refractivity contribution is -0.153. The zero-order chi connectivity index (χ0) is 22.8. The fraction of sp³-hybridized carbons (Fsp3) is 0.556. The highest BCUT2D eigenvalue weighted by Crippen LogP contribution is 2.44. The van der Waals surface area contributed by atoms with Gasteiger partial charge in [0.2, 0.25) is 0 Å². The van der Waals surface area contributed by atoms with Crippen molar-refractivity contribution in [2.24, 2.45) is 0 Å². The van der Waals surface area contributed by atoms with E-state index >= 15 is 0 Å². The van der Waals surface area contributed by atoms with Crippen molar-refractivity contribution in [1.82, 2.24) is 9.99 Å². The van der Waals surface area contributed by atoms with E-state index in [0.29, 0.717) is 0 Å². The van der Waals surface area contributed by atoms with Gasteiger partial charge in [-0.15, -0.1) is 0 Å². The number of amides is 1. The monoisotopic (exact) mass is 454 g/mol. The number of esters is 1. The Morgan fingerprint density at radius 2 is 1.83 bits per heavy atom. The molecule has 0 saturated heterocycles. The highest BCUT2D eigenvalue weighted by molar-refractivity contribution is 7.56. The number of ether oxygens (including phenoxy) is 2. The maximum atomic E-state index is 12.9. The minimum absolute atomic E-state index is 0.00436. The summed E-state index contributed by atoms with van der Waals surface area (Å²) in [4.78, 5) is 24.8. The average Bonchev–Trinajstić information content (AvgIpc) is 2.69. The zero-order valence-electron chi connectivity index (χ0n) is 17.0. The number of rotatable bonds is 11. The molecule has 30 heavy (non-hydrogen) atoms. The quantitative estimate of drug-likeness (QED) is 0.404. The van der Waals surface area contributed by atoms with Crippen molar-refractivity contribution in [3.8, 4) is 0 Å². The minimum Gasteiger partial charge on any atom is -0.465 e. The van der Waals surface area contributed by atoms with E-state index in [4.69, 9.17) is 9.47 Å². The van der Waals surface area contributed by atoms with Gasteiger partial charge in [0.1, 0.15) is 12.6 Å². The van der Waals surface area contributed by atoms with Gasteiger partial charge in [-0.25, -0.2) is 9.88 Å². The molecule has 8 nitrogen and oxygen atoms in total. The lowest BCUT2D eigenvalue weighted by Gasteiger charge is -2.25. The van der Waals surface area contributed by atoms with Crippen LogP contribution in [0.3, 0.4) is 0 Å². The summed E-state index contributed by atoms with van der Waals surface area (Å²) in [5, 5.41) is 2.28. The van der Waals surface area contributed by atoms with Gasteiger partial charge in [-0.1, -0.05) is 30.3 Å². The first-order valence-corrected chi connectivity index (χ1v) is 10.9. The highest BCUT2D eigenvalue weighted by atomic mass is 31.2. The van der Waals surface area contributed by atoms with E-state index in [1.54, 1.807) is 37.3 Å². The van der Waals surface area contributed by atoms with Gasteiger partial charge >= 0.3 is 18.2 Å². The molecule has 0 spiro atoms. The lowest BCUT2D eigenvalue weighted by Crippen LogP contribution is -2.37. The zero-order valence-corrected chi connectivity index (χ0v) is 17.9. The third-order valence-electron chi connectivity index (χ3n) is 3.71. The largest absolute Gasteiger partial charge is 0.465 e. The molecule has 1 N–H and O–H groups in total. The van der Waals surface area contributed by atoms with Gasteiger partial charge < -0.3 is 18.9 Å². The molecule has 1 amide bonds. The molecule has 0 aliphatic carbocycles. The molecule has 0 saturated carbocycles. The number of benzene rings is 1. The Kier molecular flexibility index (Phi) is 10.3. The van der Waals surface area contributed by atoms with Crippen LogP contribution in [-0.2, 0) is 30.0 Å². The van der Waals surface area contributed by atoms with Crippen molar-refractivity contribution < 1.29 is 41.3 Å². The van der Waals surface area contributed by atoms with Crippen LogP contribution in [0, 0.1) is 0 Å². The second-order valence-corrected chi connectivity index (χ2v) is 8.66. The van der Waals surface area contributed by atoms with Crippen molar-refractivity contribution in [2.75, 3.05) is 33.0 Å². The Hall–Kier alpha value is -2.10. The third-order valence-corrected chi connectivity index (χ3v) is 5.83. The van der Waals surface area contributed by atoms with Crippen LogP contribution in [0.2, 0.25) is 0 Å². The molecule has 1 aromatic carbocycles. The molecule has 170 valence electrons. The van der Waals surface area contributed by atoms with Gasteiger partial charge in [-0.3, -0.25) is 9.36 Å². The van der Waals surface area contributed by atoms with Crippen molar-refractivity contribution in [2.45, 2.75) is 32.7 Å². The standard InChI is InChI=1S/C18H26F3N2O6P/c1-4-27-16(24)14(2)22-30(26,29-13-18(19,20)21)11-10-23(3)17(25)28-12-15-8-6-5-7-9-15/h5-9,14H,4,10-13H2,1-3H3,(H,22,26)/t14-,30+/m0/s1. The number of hydrogen-bond donors (Lipinski definition) is 1. The summed E-state index contributed by atoms with van der Waals surface area (Å²) in [5.74, 6) is -0.788. The molecule has 0 bridgehead atoms. The molecule has 0 heterocycles. The number of hydrogen-bond acceptors (Lipinski definition) is 6. The van der Waals surface area contributed by atoms with E-state index in [2.05, 4.69) is 9.61 Å². The topological polar surface area (TPSA) is 94.2 Å². The number of carbonyl (C=O) groups is 2. The van der Waals surface area contributed by atoms with Gasteiger partial charge in [-0.2, -0.15) is 13.2 Å². The van der Waals surface area contributed by atoms with Gasteiger partial charge in [0.05, 0.1) is 12.8 Å². The van der Waals surface area contributed by atoms with E-state index in [1.165, 1.54) is 14.0 Å². The molecule has 0 radical (unpaired) electrons. The summed E-state index contributed by atoms with van der Waals surface area (Å²) in [6.07, 6.45) is -5.94.